The van der Waals surface area contributed by atoms with E-state index in [1.54, 1.807) is 0 Å². The summed E-state index contributed by atoms with van der Waals surface area (Å²) < 4.78 is 121. The molecule has 1 nitrogen and oxygen atoms in total. The lowest BCUT2D eigenvalue weighted by Crippen LogP contribution is -2.60. The highest BCUT2D eigenvalue weighted by atomic mass is 32.1. The van der Waals surface area contributed by atoms with Gasteiger partial charge in [-0.25, -0.2) is 4.39 Å². The quantitative estimate of drug-likeness (QED) is 0.537. The molecule has 0 bridgehead atoms. The Bertz CT molecular complexity index is 853. The van der Waals surface area contributed by atoms with Crippen molar-refractivity contribution in [3.63, 3.8) is 0 Å². The summed E-state index contributed by atoms with van der Waals surface area (Å²) in [5.41, 5.74) is -9.33. The Balaban J connectivity index is 2.91. The van der Waals surface area contributed by atoms with Gasteiger partial charge < -0.3 is 5.11 Å². The molecule has 0 aliphatic carbocycles. The number of rotatable bonds is 4. The van der Waals surface area contributed by atoms with Gasteiger partial charge in [-0.05, 0) is 65.4 Å². The van der Waals surface area contributed by atoms with Crippen LogP contribution in [0.2, 0.25) is 0 Å². The SMILES string of the molecule is Cc1cc(C(F)(C(F)(F)F)C(F)(F)C(F)(F)F)c(Cc2ccsc2)c(C)c1O. The molecule has 0 amide bonds. The van der Waals surface area contributed by atoms with Crippen LogP contribution >= 0.6 is 11.3 Å². The summed E-state index contributed by atoms with van der Waals surface area (Å²) in [5, 5.41) is 12.9. The Morgan fingerprint density at radius 3 is 1.93 bits per heavy atom. The molecule has 156 valence electrons. The normalized spacial score (nSPS) is 15.5. The molecule has 1 aromatic carbocycles. The Morgan fingerprint density at radius 1 is 0.929 bits per heavy atom. The van der Waals surface area contributed by atoms with Crippen molar-refractivity contribution >= 4 is 11.3 Å². The van der Waals surface area contributed by atoms with Gasteiger partial charge in [-0.3, -0.25) is 0 Å². The van der Waals surface area contributed by atoms with Crippen molar-refractivity contribution in [2.45, 2.75) is 44.2 Å². The molecule has 0 fully saturated rings. The van der Waals surface area contributed by atoms with Crippen molar-refractivity contribution in [3.05, 3.63) is 50.7 Å². The molecule has 2 rings (SSSR count). The average Bonchev–Trinajstić information content (AvgIpc) is 3.05. The number of phenols is 1. The third-order valence-electron chi connectivity index (χ3n) is 4.38. The second kappa shape index (κ2) is 6.85. The third kappa shape index (κ3) is 3.33. The zero-order valence-corrected chi connectivity index (χ0v) is 15.1. The van der Waals surface area contributed by atoms with Gasteiger partial charge in [0.1, 0.15) is 5.75 Å². The maximum absolute atomic E-state index is 15.0. The number of phenolic OH excluding ortho intramolecular Hbond substituents is 1. The lowest BCUT2D eigenvalue weighted by atomic mass is 9.80. The van der Waals surface area contributed by atoms with E-state index >= 15 is 4.39 Å². The topological polar surface area (TPSA) is 20.2 Å². The molecule has 11 heteroatoms. The molecule has 1 heterocycles. The first-order chi connectivity index (χ1) is 12.6. The smallest absolute Gasteiger partial charge is 0.457 e. The van der Waals surface area contributed by atoms with E-state index in [0.717, 1.165) is 25.2 Å². The molecule has 1 atom stereocenters. The lowest BCUT2D eigenvalue weighted by Gasteiger charge is -2.37. The minimum absolute atomic E-state index is 0.192. The molecule has 1 unspecified atom stereocenters. The summed E-state index contributed by atoms with van der Waals surface area (Å²) >= 11 is 1.09. The van der Waals surface area contributed by atoms with E-state index in [0.29, 0.717) is 0 Å². The van der Waals surface area contributed by atoms with Gasteiger partial charge in [-0.2, -0.15) is 46.5 Å². The van der Waals surface area contributed by atoms with E-state index < -0.39 is 58.4 Å². The summed E-state index contributed by atoms with van der Waals surface area (Å²) in [6.45, 7) is 2.00. The number of thiophene rings is 1. The third-order valence-corrected chi connectivity index (χ3v) is 5.11. The van der Waals surface area contributed by atoms with Gasteiger partial charge in [0, 0.05) is 5.56 Å². The van der Waals surface area contributed by atoms with Gasteiger partial charge in [0.25, 0.3) is 0 Å². The Kier molecular flexibility index (Phi) is 5.48. The first-order valence-corrected chi connectivity index (χ1v) is 8.53. The van der Waals surface area contributed by atoms with Crippen LogP contribution in [0.1, 0.15) is 27.8 Å². The number of halogens is 9. The van der Waals surface area contributed by atoms with Crippen molar-refractivity contribution in [3.8, 4) is 5.75 Å². The number of aryl methyl sites for hydroxylation is 1. The molecule has 2 aromatic rings. The largest absolute Gasteiger partial charge is 0.507 e. The van der Waals surface area contributed by atoms with Crippen LogP contribution in [0.15, 0.2) is 22.9 Å². The highest BCUT2D eigenvalue weighted by Gasteiger charge is 2.82. The maximum Gasteiger partial charge on any atom is 0.457 e. The molecule has 1 aromatic heterocycles. The van der Waals surface area contributed by atoms with E-state index in [4.69, 9.17) is 0 Å². The second-order valence-electron chi connectivity index (χ2n) is 6.23. The van der Waals surface area contributed by atoms with Crippen LogP contribution < -0.4 is 0 Å². The van der Waals surface area contributed by atoms with E-state index in [9.17, 15) is 40.2 Å². The van der Waals surface area contributed by atoms with Crippen LogP contribution in [0.4, 0.5) is 39.5 Å². The molecule has 1 N–H and O–H groups in total. The summed E-state index contributed by atoms with van der Waals surface area (Å²) in [6.07, 6.45) is -14.0. The van der Waals surface area contributed by atoms with Crippen LogP contribution in [0.3, 0.4) is 0 Å². The fourth-order valence-electron chi connectivity index (χ4n) is 2.84. The van der Waals surface area contributed by atoms with Gasteiger partial charge in [0.2, 0.25) is 0 Å². The zero-order chi connectivity index (χ0) is 21.7. The lowest BCUT2D eigenvalue weighted by molar-refractivity contribution is -0.389. The van der Waals surface area contributed by atoms with Gasteiger partial charge in [0.15, 0.2) is 0 Å². The van der Waals surface area contributed by atoms with Crippen molar-refractivity contribution < 1.29 is 44.6 Å². The average molecular weight is 436 g/mol. The van der Waals surface area contributed by atoms with E-state index in [2.05, 4.69) is 0 Å². The molecule has 0 radical (unpaired) electrons. The van der Waals surface area contributed by atoms with Gasteiger partial charge in [-0.1, -0.05) is 0 Å². The molecule has 0 aliphatic rings. The van der Waals surface area contributed by atoms with Crippen LogP contribution in [0.25, 0.3) is 0 Å². The van der Waals surface area contributed by atoms with Crippen LogP contribution in [0.5, 0.6) is 5.75 Å². The molecular formula is C17H13F9OS. The summed E-state index contributed by atoms with van der Waals surface area (Å²) in [4.78, 5) is 0. The summed E-state index contributed by atoms with van der Waals surface area (Å²) in [5.74, 6) is -7.38. The minimum Gasteiger partial charge on any atom is -0.507 e. The molecule has 0 saturated carbocycles. The maximum atomic E-state index is 15.0. The number of aromatic hydroxyl groups is 1. The highest BCUT2D eigenvalue weighted by Crippen LogP contribution is 2.59. The van der Waals surface area contributed by atoms with Crippen LogP contribution in [-0.2, 0) is 12.1 Å². The highest BCUT2D eigenvalue weighted by molar-refractivity contribution is 7.07. The summed E-state index contributed by atoms with van der Waals surface area (Å²) in [6, 6.07) is 1.58. The number of benzene rings is 1. The molecule has 0 aliphatic heterocycles. The number of hydrogen-bond donors (Lipinski definition) is 1. The summed E-state index contributed by atoms with van der Waals surface area (Å²) in [7, 11) is 0. The van der Waals surface area contributed by atoms with Crippen LogP contribution in [-0.4, -0.2) is 23.4 Å². The van der Waals surface area contributed by atoms with Crippen molar-refractivity contribution in [2.75, 3.05) is 0 Å². The Labute approximate surface area is 157 Å². The number of alkyl halides is 9. The fourth-order valence-corrected chi connectivity index (χ4v) is 3.51. The van der Waals surface area contributed by atoms with Crippen molar-refractivity contribution in [1.82, 2.24) is 0 Å². The second-order valence-corrected chi connectivity index (χ2v) is 7.01. The molecule has 0 spiro atoms. The molecule has 28 heavy (non-hydrogen) atoms. The standard InChI is InChI=1S/C17H13F9OS/c1-8-5-12(11(9(2)13(8)27)6-10-3-4-28-7-10)14(18,16(21,22)23)15(19,20)17(24,25)26/h3-5,7,27H,6H2,1-2H3. The predicted molar refractivity (Wildman–Crippen MR) is 84.5 cm³/mol. The number of hydrogen-bond acceptors (Lipinski definition) is 2. The zero-order valence-electron chi connectivity index (χ0n) is 14.3. The van der Waals surface area contributed by atoms with Gasteiger partial charge in [0.05, 0.1) is 0 Å². The Morgan fingerprint density at radius 2 is 1.50 bits per heavy atom. The van der Waals surface area contributed by atoms with Crippen LogP contribution in [0, 0.1) is 13.8 Å². The fraction of sp³-hybridized carbons (Fsp3) is 0.412. The van der Waals surface area contributed by atoms with Crippen molar-refractivity contribution in [2.24, 2.45) is 0 Å². The van der Waals surface area contributed by atoms with E-state index in [1.807, 2.05) is 0 Å². The molecular weight excluding hydrogens is 423 g/mol. The first kappa shape index (κ1) is 22.4. The van der Waals surface area contributed by atoms with E-state index in [1.165, 1.54) is 16.8 Å². The Hall–Kier alpha value is -1.91. The van der Waals surface area contributed by atoms with Crippen molar-refractivity contribution in [1.29, 1.82) is 0 Å². The minimum atomic E-state index is -6.81. The van der Waals surface area contributed by atoms with E-state index in [-0.39, 0.29) is 11.6 Å². The van der Waals surface area contributed by atoms with Gasteiger partial charge in [-0.15, -0.1) is 0 Å². The molecule has 0 saturated heterocycles. The predicted octanol–water partition coefficient (Wildman–Crippen LogP) is 6.59. The monoisotopic (exact) mass is 436 g/mol. The first-order valence-electron chi connectivity index (χ1n) is 7.59. The van der Waals surface area contributed by atoms with Gasteiger partial charge >= 0.3 is 23.9 Å².